The van der Waals surface area contributed by atoms with Crippen LogP contribution in [0.15, 0.2) is 24.3 Å². The minimum Gasteiger partial charge on any atom is -0.393 e. The summed E-state index contributed by atoms with van der Waals surface area (Å²) in [5.41, 5.74) is 0.728. The van der Waals surface area contributed by atoms with Crippen molar-refractivity contribution in [3.05, 3.63) is 39.9 Å². The molecule has 1 aromatic rings. The largest absolute Gasteiger partial charge is 0.393 e. The van der Waals surface area contributed by atoms with Crippen molar-refractivity contribution in [2.24, 2.45) is 0 Å². The monoisotopic (exact) mass is 287 g/mol. The third-order valence-corrected chi connectivity index (χ3v) is 2.80. The van der Waals surface area contributed by atoms with Crippen LogP contribution in [0.1, 0.15) is 18.9 Å². The van der Waals surface area contributed by atoms with Crippen LogP contribution in [0.2, 0.25) is 10.0 Å². The zero-order valence-corrected chi connectivity index (χ0v) is 11.5. The van der Waals surface area contributed by atoms with Gasteiger partial charge in [0.2, 0.25) is 5.91 Å². The molecule has 3 nitrogen and oxygen atoms in total. The van der Waals surface area contributed by atoms with Crippen LogP contribution in [-0.4, -0.2) is 23.7 Å². The van der Waals surface area contributed by atoms with E-state index in [-0.39, 0.29) is 5.91 Å². The molecule has 18 heavy (non-hydrogen) atoms. The van der Waals surface area contributed by atoms with E-state index in [1.54, 1.807) is 31.2 Å². The zero-order valence-electron chi connectivity index (χ0n) is 9.99. The van der Waals surface area contributed by atoms with Gasteiger partial charge >= 0.3 is 0 Å². The van der Waals surface area contributed by atoms with E-state index >= 15 is 0 Å². The predicted molar refractivity (Wildman–Crippen MR) is 74.8 cm³/mol. The predicted octanol–water partition coefficient (Wildman–Crippen LogP) is 2.89. The standard InChI is InChI=1S/C13H15Cl2NO2/c1-9(17)6-7-16-13(18)5-3-10-2-4-11(14)8-12(10)15/h2-5,8-9,17H,6-7H2,1H3,(H,16,18). The molecule has 1 rings (SSSR count). The molecule has 0 heterocycles. The van der Waals surface area contributed by atoms with Crippen LogP contribution in [0.25, 0.3) is 6.08 Å². The van der Waals surface area contributed by atoms with Gasteiger partial charge in [0, 0.05) is 22.7 Å². The van der Waals surface area contributed by atoms with E-state index in [0.29, 0.717) is 23.0 Å². The zero-order chi connectivity index (χ0) is 13.5. The average molecular weight is 288 g/mol. The number of carbonyl (C=O) groups excluding carboxylic acids is 1. The number of aliphatic hydroxyl groups is 1. The fraction of sp³-hybridized carbons (Fsp3) is 0.308. The minimum absolute atomic E-state index is 0.221. The Labute approximate surface area is 116 Å². The quantitative estimate of drug-likeness (QED) is 0.818. The van der Waals surface area contributed by atoms with Gasteiger partial charge in [-0.15, -0.1) is 0 Å². The molecule has 98 valence electrons. The summed E-state index contributed by atoms with van der Waals surface area (Å²) in [6.07, 6.45) is 3.13. The van der Waals surface area contributed by atoms with Crippen LogP contribution >= 0.6 is 23.2 Å². The molecule has 0 radical (unpaired) electrons. The van der Waals surface area contributed by atoms with Gasteiger partial charge < -0.3 is 10.4 Å². The topological polar surface area (TPSA) is 49.3 Å². The molecule has 0 saturated heterocycles. The Hall–Kier alpha value is -1.03. The molecule has 0 bridgehead atoms. The number of halogens is 2. The number of benzene rings is 1. The number of carbonyl (C=O) groups is 1. The van der Waals surface area contributed by atoms with Gasteiger partial charge in [0.15, 0.2) is 0 Å². The van der Waals surface area contributed by atoms with E-state index in [1.807, 2.05) is 0 Å². The molecule has 0 spiro atoms. The fourth-order valence-corrected chi connectivity index (χ4v) is 1.74. The maximum absolute atomic E-state index is 11.4. The van der Waals surface area contributed by atoms with Crippen molar-refractivity contribution >= 4 is 35.2 Å². The summed E-state index contributed by atoms with van der Waals surface area (Å²) in [7, 11) is 0. The summed E-state index contributed by atoms with van der Waals surface area (Å²) in [5.74, 6) is -0.221. The van der Waals surface area contributed by atoms with Gasteiger partial charge in [-0.3, -0.25) is 4.79 Å². The molecule has 2 N–H and O–H groups in total. The molecule has 0 aromatic heterocycles. The van der Waals surface area contributed by atoms with Gasteiger partial charge in [-0.25, -0.2) is 0 Å². The van der Waals surface area contributed by atoms with Crippen LogP contribution in [0.4, 0.5) is 0 Å². The Bertz CT molecular complexity index is 445. The SMILES string of the molecule is CC(O)CCNC(=O)C=Cc1ccc(Cl)cc1Cl. The van der Waals surface area contributed by atoms with E-state index < -0.39 is 6.10 Å². The van der Waals surface area contributed by atoms with Crippen molar-refractivity contribution in [1.29, 1.82) is 0 Å². The number of hydrogen-bond donors (Lipinski definition) is 2. The summed E-state index contributed by atoms with van der Waals surface area (Å²) in [5, 5.41) is 12.7. The third kappa shape index (κ3) is 5.54. The van der Waals surface area contributed by atoms with E-state index in [9.17, 15) is 4.79 Å². The fourth-order valence-electron chi connectivity index (χ4n) is 1.27. The summed E-state index contributed by atoms with van der Waals surface area (Å²) in [6, 6.07) is 5.07. The van der Waals surface area contributed by atoms with Gasteiger partial charge in [-0.2, -0.15) is 0 Å². The smallest absolute Gasteiger partial charge is 0.244 e. The second kappa shape index (κ2) is 7.41. The molecule has 0 fully saturated rings. The van der Waals surface area contributed by atoms with Crippen molar-refractivity contribution < 1.29 is 9.90 Å². The van der Waals surface area contributed by atoms with Crippen molar-refractivity contribution in [1.82, 2.24) is 5.32 Å². The molecule has 0 aliphatic carbocycles. The Balaban J connectivity index is 2.50. The second-order valence-electron chi connectivity index (χ2n) is 3.93. The van der Waals surface area contributed by atoms with Gasteiger partial charge in [0.1, 0.15) is 0 Å². The normalized spacial score (nSPS) is 12.7. The van der Waals surface area contributed by atoms with Crippen molar-refractivity contribution in [2.75, 3.05) is 6.54 Å². The molecule has 5 heteroatoms. The van der Waals surface area contributed by atoms with Crippen LogP contribution in [0.3, 0.4) is 0 Å². The Morgan fingerprint density at radius 3 is 2.83 bits per heavy atom. The second-order valence-corrected chi connectivity index (χ2v) is 4.77. The van der Waals surface area contributed by atoms with Gasteiger partial charge in [-0.05, 0) is 37.1 Å². The highest BCUT2D eigenvalue weighted by Gasteiger charge is 2.00. The van der Waals surface area contributed by atoms with Crippen molar-refractivity contribution in [3.8, 4) is 0 Å². The lowest BCUT2D eigenvalue weighted by Crippen LogP contribution is -2.24. The van der Waals surface area contributed by atoms with Crippen molar-refractivity contribution in [3.63, 3.8) is 0 Å². The Morgan fingerprint density at radius 2 is 2.22 bits per heavy atom. The lowest BCUT2D eigenvalue weighted by atomic mass is 10.2. The maximum atomic E-state index is 11.4. The summed E-state index contributed by atoms with van der Waals surface area (Å²) >= 11 is 11.7. The number of rotatable bonds is 5. The third-order valence-electron chi connectivity index (χ3n) is 2.24. The van der Waals surface area contributed by atoms with Crippen LogP contribution in [0, 0.1) is 0 Å². The highest BCUT2D eigenvalue weighted by molar-refractivity contribution is 6.35. The molecule has 0 aliphatic rings. The molecule has 1 aromatic carbocycles. The molecular formula is C13H15Cl2NO2. The molecule has 1 unspecified atom stereocenters. The number of hydrogen-bond acceptors (Lipinski definition) is 2. The van der Waals surface area contributed by atoms with E-state index in [0.717, 1.165) is 5.56 Å². The first-order valence-electron chi connectivity index (χ1n) is 5.58. The van der Waals surface area contributed by atoms with Crippen LogP contribution in [-0.2, 0) is 4.79 Å². The van der Waals surface area contributed by atoms with Gasteiger partial charge in [0.05, 0.1) is 6.10 Å². The lowest BCUT2D eigenvalue weighted by molar-refractivity contribution is -0.116. The number of amides is 1. The lowest BCUT2D eigenvalue weighted by Gasteiger charge is -2.04. The summed E-state index contributed by atoms with van der Waals surface area (Å²) in [6.45, 7) is 2.12. The molecule has 1 amide bonds. The van der Waals surface area contributed by atoms with E-state index in [4.69, 9.17) is 28.3 Å². The highest BCUT2D eigenvalue weighted by Crippen LogP contribution is 2.21. The molecule has 1 atom stereocenters. The average Bonchev–Trinajstić information content (AvgIpc) is 2.27. The van der Waals surface area contributed by atoms with Crippen LogP contribution < -0.4 is 5.32 Å². The maximum Gasteiger partial charge on any atom is 0.244 e. The molecule has 0 saturated carbocycles. The Kier molecular flexibility index (Phi) is 6.19. The summed E-state index contributed by atoms with van der Waals surface area (Å²) < 4.78 is 0. The molecular weight excluding hydrogens is 273 g/mol. The first-order valence-corrected chi connectivity index (χ1v) is 6.33. The van der Waals surface area contributed by atoms with E-state index in [2.05, 4.69) is 5.32 Å². The first-order chi connectivity index (χ1) is 8.49. The highest BCUT2D eigenvalue weighted by atomic mass is 35.5. The Morgan fingerprint density at radius 1 is 1.50 bits per heavy atom. The van der Waals surface area contributed by atoms with E-state index in [1.165, 1.54) is 6.08 Å². The van der Waals surface area contributed by atoms with Crippen molar-refractivity contribution in [2.45, 2.75) is 19.4 Å². The number of nitrogens with one attached hydrogen (secondary N) is 1. The summed E-state index contributed by atoms with van der Waals surface area (Å²) in [4.78, 5) is 11.4. The minimum atomic E-state index is -0.417. The number of aliphatic hydroxyl groups excluding tert-OH is 1. The van der Waals surface area contributed by atoms with Gasteiger partial charge in [0.25, 0.3) is 0 Å². The molecule has 0 aliphatic heterocycles. The van der Waals surface area contributed by atoms with Crippen LogP contribution in [0.5, 0.6) is 0 Å². The van der Waals surface area contributed by atoms with Gasteiger partial charge in [-0.1, -0.05) is 29.3 Å². The first kappa shape index (κ1) is 15.0.